The fourth-order valence-corrected chi connectivity index (χ4v) is 3.82. The maximum atomic E-state index is 12.9. The molecule has 5 nitrogen and oxygen atoms in total. The molecular weight excluding hydrogens is 332 g/mol. The van der Waals surface area contributed by atoms with Crippen molar-refractivity contribution in [1.82, 2.24) is 10.2 Å². The fourth-order valence-electron chi connectivity index (χ4n) is 2.41. The molecule has 0 spiro atoms. The minimum absolute atomic E-state index is 0.0860. The van der Waals surface area contributed by atoms with Crippen LogP contribution in [0.1, 0.15) is 33.3 Å². The van der Waals surface area contributed by atoms with Crippen molar-refractivity contribution in [2.75, 3.05) is 6.17 Å². The average molecular weight is 365 g/mol. The minimum Gasteiger partial charge on any atom is -0.444 e. The van der Waals surface area contributed by atoms with Crippen LogP contribution in [0.15, 0.2) is 30.3 Å². The number of rotatable bonds is 6. The molecule has 0 aliphatic heterocycles. The third kappa shape index (κ3) is 8.72. The van der Waals surface area contributed by atoms with Crippen LogP contribution in [0.5, 0.6) is 0 Å². The zero-order valence-electron chi connectivity index (χ0n) is 16.6. The molecule has 0 aliphatic carbocycles. The zero-order chi connectivity index (χ0) is 19.3. The molecule has 25 heavy (non-hydrogen) atoms. The lowest BCUT2D eigenvalue weighted by Gasteiger charge is -2.31. The number of nitrogens with zero attached hydrogens (tertiary/aromatic N) is 1. The van der Waals surface area contributed by atoms with Gasteiger partial charge in [0.15, 0.2) is 0 Å². The number of ether oxygens (including phenoxy) is 1. The van der Waals surface area contributed by atoms with Crippen molar-refractivity contribution >= 4 is 20.1 Å². The lowest BCUT2D eigenvalue weighted by molar-refractivity contribution is -0.132. The zero-order valence-corrected chi connectivity index (χ0v) is 17.6. The smallest absolute Gasteiger partial charge is 0.408 e. The van der Waals surface area contributed by atoms with Crippen LogP contribution in [0, 0.1) is 0 Å². The SMILES string of the molecule is CC(NC(=O)OC(C)(C)C)C(=O)N(Cc1ccccc1)C[Si](C)(C)C. The number of hydrogen-bond donors (Lipinski definition) is 1. The molecule has 1 rings (SSSR count). The van der Waals surface area contributed by atoms with Gasteiger partial charge in [0, 0.05) is 12.7 Å². The summed E-state index contributed by atoms with van der Waals surface area (Å²) in [5.74, 6) is -0.0860. The van der Waals surface area contributed by atoms with Crippen molar-refractivity contribution in [2.45, 2.75) is 65.5 Å². The predicted octanol–water partition coefficient (Wildman–Crippen LogP) is 3.81. The molecule has 0 radical (unpaired) electrons. The van der Waals surface area contributed by atoms with Gasteiger partial charge in [-0.2, -0.15) is 0 Å². The maximum absolute atomic E-state index is 12.9. The van der Waals surface area contributed by atoms with Crippen molar-refractivity contribution in [3.63, 3.8) is 0 Å². The van der Waals surface area contributed by atoms with Crippen LogP contribution < -0.4 is 5.32 Å². The van der Waals surface area contributed by atoms with Gasteiger partial charge in [-0.15, -0.1) is 0 Å². The molecule has 0 bridgehead atoms. The Kier molecular flexibility index (Phi) is 7.23. The topological polar surface area (TPSA) is 58.6 Å². The number of amides is 2. The first-order chi connectivity index (χ1) is 11.4. The summed E-state index contributed by atoms with van der Waals surface area (Å²) in [6.45, 7) is 14.3. The minimum atomic E-state index is -1.50. The van der Waals surface area contributed by atoms with Gasteiger partial charge in [-0.05, 0) is 33.3 Å². The van der Waals surface area contributed by atoms with E-state index in [-0.39, 0.29) is 5.91 Å². The van der Waals surface area contributed by atoms with E-state index in [1.165, 1.54) is 0 Å². The van der Waals surface area contributed by atoms with Crippen LogP contribution in [0.4, 0.5) is 4.79 Å². The third-order valence-corrected chi connectivity index (χ3v) is 4.63. The molecule has 0 heterocycles. The van der Waals surface area contributed by atoms with Crippen molar-refractivity contribution < 1.29 is 14.3 Å². The largest absolute Gasteiger partial charge is 0.444 e. The van der Waals surface area contributed by atoms with Gasteiger partial charge in [0.25, 0.3) is 0 Å². The van der Waals surface area contributed by atoms with Gasteiger partial charge in [-0.25, -0.2) is 4.79 Å². The molecule has 1 aromatic rings. The Balaban J connectivity index is 2.82. The van der Waals surface area contributed by atoms with Crippen molar-refractivity contribution in [3.8, 4) is 0 Å². The van der Waals surface area contributed by atoms with E-state index in [0.29, 0.717) is 6.54 Å². The number of alkyl carbamates (subject to hydrolysis) is 1. The highest BCUT2D eigenvalue weighted by Crippen LogP contribution is 2.12. The number of carbonyl (C=O) groups excluding carboxylic acids is 2. The highest BCUT2D eigenvalue weighted by atomic mass is 28.3. The average Bonchev–Trinajstić information content (AvgIpc) is 2.43. The third-order valence-electron chi connectivity index (χ3n) is 3.30. The molecule has 0 saturated heterocycles. The Labute approximate surface area is 152 Å². The summed E-state index contributed by atoms with van der Waals surface area (Å²) in [6, 6.07) is 9.28. The Bertz CT molecular complexity index is 577. The quantitative estimate of drug-likeness (QED) is 0.781. The molecule has 1 aromatic carbocycles. The number of nitrogens with one attached hydrogen (secondary N) is 1. The van der Waals surface area contributed by atoms with Gasteiger partial charge < -0.3 is 15.0 Å². The van der Waals surface area contributed by atoms with E-state index < -0.39 is 25.8 Å². The molecule has 6 heteroatoms. The second-order valence-corrected chi connectivity index (χ2v) is 14.0. The Morgan fingerprint density at radius 1 is 1.16 bits per heavy atom. The number of hydrogen-bond acceptors (Lipinski definition) is 3. The van der Waals surface area contributed by atoms with E-state index >= 15 is 0 Å². The van der Waals surface area contributed by atoms with Gasteiger partial charge >= 0.3 is 6.09 Å². The summed E-state index contributed by atoms with van der Waals surface area (Å²) in [5, 5.41) is 2.65. The van der Waals surface area contributed by atoms with Gasteiger partial charge in [0.05, 0.1) is 8.07 Å². The summed E-state index contributed by atoms with van der Waals surface area (Å²) < 4.78 is 5.25. The van der Waals surface area contributed by atoms with Crippen LogP contribution in [0.2, 0.25) is 19.6 Å². The fraction of sp³-hybridized carbons (Fsp3) is 0.579. The molecule has 2 amide bonds. The summed E-state index contributed by atoms with van der Waals surface area (Å²) in [4.78, 5) is 26.7. The molecule has 1 N–H and O–H groups in total. The summed E-state index contributed by atoms with van der Waals surface area (Å²) in [6.07, 6.45) is 0.169. The molecule has 140 valence electrons. The normalized spacial score (nSPS) is 13.1. The van der Waals surface area contributed by atoms with E-state index in [2.05, 4.69) is 25.0 Å². The first-order valence-electron chi connectivity index (χ1n) is 8.70. The monoisotopic (exact) mass is 364 g/mol. The Morgan fingerprint density at radius 2 is 1.72 bits per heavy atom. The molecule has 0 fully saturated rings. The predicted molar refractivity (Wildman–Crippen MR) is 104 cm³/mol. The second-order valence-electron chi connectivity index (χ2n) is 8.61. The Morgan fingerprint density at radius 3 is 2.20 bits per heavy atom. The first kappa shape index (κ1) is 21.2. The molecule has 1 unspecified atom stereocenters. The van der Waals surface area contributed by atoms with E-state index in [4.69, 9.17) is 4.74 Å². The van der Waals surface area contributed by atoms with Crippen LogP contribution in [-0.2, 0) is 16.1 Å². The van der Waals surface area contributed by atoms with Gasteiger partial charge in [0.2, 0.25) is 5.91 Å². The number of benzene rings is 1. The molecule has 0 saturated carbocycles. The molecule has 1 atom stereocenters. The standard InChI is InChI=1S/C19H32N2O3Si/c1-15(20-18(23)24-19(2,3)4)17(22)21(14-25(5,6)7)13-16-11-9-8-10-12-16/h8-12,15H,13-14H2,1-7H3,(H,20,23). The summed E-state index contributed by atoms with van der Waals surface area (Å²) in [7, 11) is -1.50. The summed E-state index contributed by atoms with van der Waals surface area (Å²) >= 11 is 0. The number of carbonyl (C=O) groups is 2. The summed E-state index contributed by atoms with van der Waals surface area (Å²) in [5.41, 5.74) is 0.494. The molecule has 0 aliphatic rings. The first-order valence-corrected chi connectivity index (χ1v) is 12.4. The van der Waals surface area contributed by atoms with E-state index in [9.17, 15) is 9.59 Å². The second kappa shape index (κ2) is 8.51. The van der Waals surface area contributed by atoms with E-state index in [1.807, 2.05) is 35.2 Å². The highest BCUT2D eigenvalue weighted by Gasteiger charge is 2.28. The van der Waals surface area contributed by atoms with Gasteiger partial charge in [-0.1, -0.05) is 50.0 Å². The van der Waals surface area contributed by atoms with E-state index in [1.54, 1.807) is 27.7 Å². The highest BCUT2D eigenvalue weighted by molar-refractivity contribution is 6.76. The lowest BCUT2D eigenvalue weighted by Crippen LogP contribution is -2.51. The van der Waals surface area contributed by atoms with Crippen LogP contribution in [0.25, 0.3) is 0 Å². The van der Waals surface area contributed by atoms with Crippen LogP contribution in [-0.4, -0.2) is 42.8 Å². The molecule has 0 aromatic heterocycles. The van der Waals surface area contributed by atoms with Crippen LogP contribution >= 0.6 is 0 Å². The van der Waals surface area contributed by atoms with Crippen LogP contribution in [0.3, 0.4) is 0 Å². The lowest BCUT2D eigenvalue weighted by atomic mass is 10.2. The van der Waals surface area contributed by atoms with Gasteiger partial charge in [0.1, 0.15) is 11.6 Å². The van der Waals surface area contributed by atoms with Crippen molar-refractivity contribution in [1.29, 1.82) is 0 Å². The van der Waals surface area contributed by atoms with Crippen molar-refractivity contribution in [2.24, 2.45) is 0 Å². The molecular formula is C19H32N2O3Si. The Hall–Kier alpha value is -1.82. The van der Waals surface area contributed by atoms with Gasteiger partial charge in [-0.3, -0.25) is 4.79 Å². The van der Waals surface area contributed by atoms with Crippen molar-refractivity contribution in [3.05, 3.63) is 35.9 Å². The van der Waals surface area contributed by atoms with E-state index in [0.717, 1.165) is 11.7 Å². The maximum Gasteiger partial charge on any atom is 0.408 e.